The number of amidine groups is 1. The first-order valence-electron chi connectivity index (χ1n) is 10.5. The number of amides is 1. The second-order valence-electron chi connectivity index (χ2n) is 7.07. The Morgan fingerprint density at radius 2 is 2.03 bits per heavy atom. The summed E-state index contributed by atoms with van der Waals surface area (Å²) >= 11 is 3.51. The van der Waals surface area contributed by atoms with Crippen LogP contribution in [-0.2, 0) is 11.3 Å². The Labute approximate surface area is 216 Å². The first-order chi connectivity index (χ1) is 16.6. The van der Waals surface area contributed by atoms with Crippen LogP contribution in [0.4, 0.5) is 5.69 Å². The Bertz CT molecular complexity index is 1260. The molecule has 2 heterocycles. The van der Waals surface area contributed by atoms with Gasteiger partial charge in [-0.2, -0.15) is 0 Å². The molecule has 4 rings (SSSR count). The molecule has 34 heavy (non-hydrogen) atoms. The van der Waals surface area contributed by atoms with E-state index in [0.717, 1.165) is 14.8 Å². The molecule has 0 N–H and O–H groups in total. The molecule has 8 heteroatoms. The predicted octanol–water partition coefficient (Wildman–Crippen LogP) is 6.10. The van der Waals surface area contributed by atoms with Gasteiger partial charge in [-0.3, -0.25) is 9.69 Å². The lowest BCUT2D eigenvalue weighted by atomic mass is 10.2. The van der Waals surface area contributed by atoms with Gasteiger partial charge in [-0.15, -0.1) is 6.42 Å². The van der Waals surface area contributed by atoms with Gasteiger partial charge in [0.2, 0.25) is 0 Å². The van der Waals surface area contributed by atoms with Gasteiger partial charge in [-0.25, -0.2) is 4.99 Å². The summed E-state index contributed by atoms with van der Waals surface area (Å²) in [5.41, 5.74) is 1.59. The number of benzene rings is 2. The first kappa shape index (κ1) is 24.0. The normalized spacial score (nSPS) is 15.7. The topological polar surface area (TPSA) is 64.3 Å². The number of nitrogens with zero attached hydrogens (tertiary/aromatic N) is 2. The molecular formula is C26H21IN2O4S. The molecule has 1 saturated heterocycles. The number of carbonyl (C=O) groups is 1. The van der Waals surface area contributed by atoms with Crippen molar-refractivity contribution in [1.29, 1.82) is 0 Å². The number of furan rings is 1. The van der Waals surface area contributed by atoms with Gasteiger partial charge in [0.05, 0.1) is 33.6 Å². The van der Waals surface area contributed by atoms with Crippen molar-refractivity contribution in [1.82, 2.24) is 4.90 Å². The van der Waals surface area contributed by atoms with E-state index in [0.29, 0.717) is 40.5 Å². The summed E-state index contributed by atoms with van der Waals surface area (Å²) in [7, 11) is 0. The van der Waals surface area contributed by atoms with E-state index in [1.165, 1.54) is 11.8 Å². The lowest BCUT2D eigenvalue weighted by Gasteiger charge is -2.14. The largest absolute Gasteiger partial charge is 0.490 e. The van der Waals surface area contributed by atoms with E-state index in [4.69, 9.17) is 25.3 Å². The van der Waals surface area contributed by atoms with Crippen LogP contribution in [0.15, 0.2) is 75.2 Å². The Hall–Kier alpha value is -3.16. The molecule has 1 aliphatic heterocycles. The zero-order valence-electron chi connectivity index (χ0n) is 18.4. The number of hydrogen-bond donors (Lipinski definition) is 0. The smallest absolute Gasteiger partial charge is 0.267 e. The number of ether oxygens (including phenoxy) is 2. The van der Waals surface area contributed by atoms with Gasteiger partial charge in [0.25, 0.3) is 5.91 Å². The van der Waals surface area contributed by atoms with E-state index in [9.17, 15) is 4.79 Å². The van der Waals surface area contributed by atoms with E-state index >= 15 is 0 Å². The van der Waals surface area contributed by atoms with Gasteiger partial charge in [0.1, 0.15) is 12.4 Å². The molecule has 0 bridgehead atoms. The van der Waals surface area contributed by atoms with Gasteiger partial charge < -0.3 is 13.9 Å². The number of para-hydroxylation sites is 1. The maximum Gasteiger partial charge on any atom is 0.267 e. The summed E-state index contributed by atoms with van der Waals surface area (Å²) in [6.45, 7) is 2.81. The SMILES string of the molecule is C#CCOc1c(I)cc(/C=C2\SC(=Nc3ccccc3)N(Cc3ccco3)C2=O)cc1OCC. The number of aliphatic imine (C=N–C) groups is 1. The van der Waals surface area contributed by atoms with Gasteiger partial charge in [-0.1, -0.05) is 24.1 Å². The van der Waals surface area contributed by atoms with Crippen LogP contribution in [0, 0.1) is 15.9 Å². The maximum atomic E-state index is 13.4. The highest BCUT2D eigenvalue weighted by Gasteiger charge is 2.34. The fraction of sp³-hybridized carbons (Fsp3) is 0.154. The fourth-order valence-corrected chi connectivity index (χ4v) is 5.02. The van der Waals surface area contributed by atoms with Crippen molar-refractivity contribution in [3.63, 3.8) is 0 Å². The minimum absolute atomic E-state index is 0.142. The van der Waals surface area contributed by atoms with Crippen molar-refractivity contribution < 1.29 is 18.7 Å². The number of hydrogen-bond acceptors (Lipinski definition) is 6. The summed E-state index contributed by atoms with van der Waals surface area (Å²) in [4.78, 5) is 20.3. The number of thioether (sulfide) groups is 1. The molecule has 0 unspecified atom stereocenters. The van der Waals surface area contributed by atoms with Crippen molar-refractivity contribution in [2.24, 2.45) is 4.99 Å². The van der Waals surface area contributed by atoms with Crippen LogP contribution >= 0.6 is 34.4 Å². The third kappa shape index (κ3) is 5.66. The molecule has 1 amide bonds. The molecule has 0 radical (unpaired) electrons. The second kappa shape index (κ2) is 11.3. The summed E-state index contributed by atoms with van der Waals surface area (Å²) in [5.74, 6) is 4.19. The minimum Gasteiger partial charge on any atom is -0.490 e. The molecule has 1 aromatic heterocycles. The van der Waals surface area contributed by atoms with Crippen LogP contribution < -0.4 is 9.47 Å². The average molecular weight is 584 g/mol. The lowest BCUT2D eigenvalue weighted by Crippen LogP contribution is -2.28. The first-order valence-corrected chi connectivity index (χ1v) is 12.4. The van der Waals surface area contributed by atoms with Crippen molar-refractivity contribution in [2.45, 2.75) is 13.5 Å². The average Bonchev–Trinajstić information content (AvgIpc) is 3.44. The molecule has 1 aliphatic rings. The van der Waals surface area contributed by atoms with Crippen molar-refractivity contribution in [2.75, 3.05) is 13.2 Å². The van der Waals surface area contributed by atoms with E-state index in [-0.39, 0.29) is 12.5 Å². The molecule has 2 aromatic carbocycles. The molecular weight excluding hydrogens is 563 g/mol. The van der Waals surface area contributed by atoms with E-state index in [1.54, 1.807) is 17.2 Å². The van der Waals surface area contributed by atoms with Crippen LogP contribution in [0.5, 0.6) is 11.5 Å². The predicted molar refractivity (Wildman–Crippen MR) is 143 cm³/mol. The molecule has 6 nitrogen and oxygen atoms in total. The zero-order valence-corrected chi connectivity index (χ0v) is 21.3. The molecule has 0 saturated carbocycles. The summed E-state index contributed by atoms with van der Waals surface area (Å²) in [6, 6.07) is 17.0. The Balaban J connectivity index is 1.69. The highest BCUT2D eigenvalue weighted by molar-refractivity contribution is 14.1. The second-order valence-corrected chi connectivity index (χ2v) is 9.24. The van der Waals surface area contributed by atoms with E-state index in [2.05, 4.69) is 28.5 Å². The van der Waals surface area contributed by atoms with Gasteiger partial charge in [0.15, 0.2) is 16.7 Å². The quantitative estimate of drug-likeness (QED) is 0.182. The lowest BCUT2D eigenvalue weighted by molar-refractivity contribution is -0.122. The van der Waals surface area contributed by atoms with Gasteiger partial charge in [0, 0.05) is 0 Å². The molecule has 0 atom stereocenters. The monoisotopic (exact) mass is 584 g/mol. The van der Waals surface area contributed by atoms with Crippen molar-refractivity contribution in [3.8, 4) is 23.8 Å². The van der Waals surface area contributed by atoms with Crippen LogP contribution in [0.1, 0.15) is 18.2 Å². The highest BCUT2D eigenvalue weighted by Crippen LogP contribution is 2.38. The van der Waals surface area contributed by atoms with Crippen LogP contribution in [-0.4, -0.2) is 29.2 Å². The van der Waals surface area contributed by atoms with Crippen LogP contribution in [0.25, 0.3) is 6.08 Å². The summed E-state index contributed by atoms with van der Waals surface area (Å²) in [6.07, 6.45) is 8.77. The zero-order chi connectivity index (χ0) is 23.9. The molecule has 0 aliphatic carbocycles. The maximum absolute atomic E-state index is 13.4. The van der Waals surface area contributed by atoms with Crippen LogP contribution in [0.2, 0.25) is 0 Å². The highest BCUT2D eigenvalue weighted by atomic mass is 127. The Morgan fingerprint density at radius 1 is 1.21 bits per heavy atom. The summed E-state index contributed by atoms with van der Waals surface area (Å²) in [5, 5.41) is 0.590. The van der Waals surface area contributed by atoms with Gasteiger partial charge >= 0.3 is 0 Å². The standard InChI is InChI=1S/C26H21IN2O4S/c1-3-12-33-24-21(27)14-18(15-22(24)31-4-2)16-23-25(30)29(17-20-11-8-13-32-20)26(34-23)28-19-9-6-5-7-10-19/h1,5-11,13-16H,4,12,17H2,2H3/b23-16-,28-26?. The third-order valence-electron chi connectivity index (χ3n) is 4.69. The number of carbonyl (C=O) groups excluding carboxylic acids is 1. The summed E-state index contributed by atoms with van der Waals surface area (Å²) < 4.78 is 17.8. The van der Waals surface area contributed by atoms with E-state index in [1.807, 2.05) is 61.5 Å². The molecule has 172 valence electrons. The molecule has 1 fully saturated rings. The number of halogens is 1. The molecule has 3 aromatic rings. The van der Waals surface area contributed by atoms with Crippen molar-refractivity contribution >= 4 is 57.2 Å². The number of terminal acetylenes is 1. The molecule has 0 spiro atoms. The van der Waals surface area contributed by atoms with Crippen LogP contribution in [0.3, 0.4) is 0 Å². The van der Waals surface area contributed by atoms with Crippen molar-refractivity contribution in [3.05, 3.63) is 80.7 Å². The Morgan fingerprint density at radius 3 is 2.74 bits per heavy atom. The third-order valence-corrected chi connectivity index (χ3v) is 6.50. The Kier molecular flexibility index (Phi) is 7.98. The minimum atomic E-state index is -0.142. The van der Waals surface area contributed by atoms with Gasteiger partial charge in [-0.05, 0) is 89.3 Å². The van der Waals surface area contributed by atoms with E-state index < -0.39 is 0 Å². The fourth-order valence-electron chi connectivity index (χ4n) is 3.24. The number of rotatable bonds is 8.